The van der Waals surface area contributed by atoms with Crippen LogP contribution in [0.15, 0.2) is 42.1 Å². The lowest BCUT2D eigenvalue weighted by Gasteiger charge is -2.01. The van der Waals surface area contributed by atoms with Crippen molar-refractivity contribution in [2.24, 2.45) is 0 Å². The van der Waals surface area contributed by atoms with Gasteiger partial charge in [0.15, 0.2) is 0 Å². The van der Waals surface area contributed by atoms with Crippen LogP contribution in [0.3, 0.4) is 0 Å². The zero-order valence-corrected chi connectivity index (χ0v) is 9.89. The van der Waals surface area contributed by atoms with Crippen LogP contribution in [0.4, 0.5) is 0 Å². The van der Waals surface area contributed by atoms with E-state index in [1.807, 2.05) is 36.4 Å². The van der Waals surface area contributed by atoms with Gasteiger partial charge in [-0.3, -0.25) is 0 Å². The molecule has 0 aliphatic heterocycles. The van der Waals surface area contributed by atoms with E-state index in [1.54, 1.807) is 6.08 Å². The molecule has 1 atom stereocenters. The van der Waals surface area contributed by atoms with E-state index in [9.17, 15) is 5.11 Å². The molecule has 0 bridgehead atoms. The number of rotatable bonds is 6. The summed E-state index contributed by atoms with van der Waals surface area (Å²) in [6.45, 7) is 2.16. The minimum Gasteiger partial charge on any atom is -0.388 e. The molecule has 0 fully saturated rings. The first kappa shape index (κ1) is 12.8. The van der Waals surface area contributed by atoms with Crippen molar-refractivity contribution in [3.05, 3.63) is 47.7 Å². The van der Waals surface area contributed by atoms with E-state index in [-0.39, 0.29) is 6.10 Å². The topological polar surface area (TPSA) is 20.2 Å². The summed E-state index contributed by atoms with van der Waals surface area (Å²) >= 11 is 0. The van der Waals surface area contributed by atoms with Crippen LogP contribution in [0.5, 0.6) is 0 Å². The molecular formula is C15H20O. The summed E-state index contributed by atoms with van der Waals surface area (Å²) in [5, 5.41) is 9.62. The van der Waals surface area contributed by atoms with Gasteiger partial charge in [0.2, 0.25) is 0 Å². The molecule has 86 valence electrons. The lowest BCUT2D eigenvalue weighted by Crippen LogP contribution is -2.00. The van der Waals surface area contributed by atoms with Crippen molar-refractivity contribution in [1.29, 1.82) is 0 Å². The molecule has 1 nitrogen and oxygen atoms in total. The second-order valence-electron chi connectivity index (χ2n) is 3.95. The SMILES string of the molecule is CCCCCC(O)C=C=Cc1ccccc1. The standard InChI is InChI=1S/C15H20O/c1-2-3-5-12-15(16)13-8-11-14-9-6-4-7-10-14/h4,6-7,9-11,13,15-16H,2-3,5,12H2,1H3. The fraction of sp³-hybridized carbons (Fsp3) is 0.400. The Labute approximate surface area is 98.1 Å². The molecule has 0 aromatic heterocycles. The largest absolute Gasteiger partial charge is 0.388 e. The molecule has 0 saturated carbocycles. The first-order valence-corrected chi connectivity index (χ1v) is 5.98. The molecule has 1 N–H and O–H groups in total. The zero-order chi connectivity index (χ0) is 11.6. The highest BCUT2D eigenvalue weighted by Crippen LogP contribution is 2.04. The van der Waals surface area contributed by atoms with Crippen molar-refractivity contribution >= 4 is 6.08 Å². The number of aliphatic hydroxyl groups excluding tert-OH is 1. The van der Waals surface area contributed by atoms with Crippen LogP contribution >= 0.6 is 0 Å². The van der Waals surface area contributed by atoms with Crippen LogP contribution in [0.2, 0.25) is 0 Å². The minimum atomic E-state index is -0.355. The minimum absolute atomic E-state index is 0.355. The Morgan fingerprint density at radius 2 is 2.00 bits per heavy atom. The molecule has 1 aromatic rings. The van der Waals surface area contributed by atoms with E-state index in [1.165, 1.54) is 12.8 Å². The number of hydrogen-bond donors (Lipinski definition) is 1. The molecule has 0 saturated heterocycles. The Morgan fingerprint density at radius 3 is 2.69 bits per heavy atom. The fourth-order valence-corrected chi connectivity index (χ4v) is 1.49. The van der Waals surface area contributed by atoms with E-state index in [4.69, 9.17) is 0 Å². The van der Waals surface area contributed by atoms with Gasteiger partial charge >= 0.3 is 0 Å². The van der Waals surface area contributed by atoms with Gasteiger partial charge in [-0.1, -0.05) is 56.5 Å². The summed E-state index contributed by atoms with van der Waals surface area (Å²) in [6.07, 6.45) is 7.58. The molecule has 0 aliphatic carbocycles. The fourth-order valence-electron chi connectivity index (χ4n) is 1.49. The molecule has 0 radical (unpaired) electrons. The summed E-state index contributed by atoms with van der Waals surface area (Å²) in [5.74, 6) is 0. The first-order chi connectivity index (χ1) is 7.83. The summed E-state index contributed by atoms with van der Waals surface area (Å²) in [5.41, 5.74) is 4.14. The average molecular weight is 216 g/mol. The van der Waals surface area contributed by atoms with Gasteiger partial charge in [0.1, 0.15) is 0 Å². The Kier molecular flexibility index (Phi) is 6.32. The van der Waals surface area contributed by atoms with Crippen LogP contribution in [-0.2, 0) is 0 Å². The first-order valence-electron chi connectivity index (χ1n) is 5.98. The maximum atomic E-state index is 9.62. The summed E-state index contributed by atoms with van der Waals surface area (Å²) < 4.78 is 0. The van der Waals surface area contributed by atoms with E-state index in [2.05, 4.69) is 12.7 Å². The predicted molar refractivity (Wildman–Crippen MR) is 69.1 cm³/mol. The van der Waals surface area contributed by atoms with E-state index in [0.717, 1.165) is 18.4 Å². The maximum Gasteiger partial charge on any atom is 0.0794 e. The van der Waals surface area contributed by atoms with E-state index < -0.39 is 0 Å². The molecule has 1 heteroatoms. The maximum absolute atomic E-state index is 9.62. The van der Waals surface area contributed by atoms with Gasteiger partial charge in [0.25, 0.3) is 0 Å². The highest BCUT2D eigenvalue weighted by atomic mass is 16.3. The number of unbranched alkanes of at least 4 members (excludes halogenated alkanes) is 2. The smallest absolute Gasteiger partial charge is 0.0794 e. The lowest BCUT2D eigenvalue weighted by molar-refractivity contribution is 0.208. The highest BCUT2D eigenvalue weighted by molar-refractivity contribution is 5.48. The van der Waals surface area contributed by atoms with Gasteiger partial charge in [-0.2, -0.15) is 0 Å². The van der Waals surface area contributed by atoms with Gasteiger partial charge in [0.05, 0.1) is 6.10 Å². The van der Waals surface area contributed by atoms with Crippen LogP contribution in [0.1, 0.15) is 38.2 Å². The molecule has 1 aromatic carbocycles. The Morgan fingerprint density at radius 1 is 1.25 bits per heavy atom. The molecule has 0 amide bonds. The third kappa shape index (κ3) is 5.55. The zero-order valence-electron chi connectivity index (χ0n) is 9.89. The van der Waals surface area contributed by atoms with Crippen LogP contribution in [0, 0.1) is 0 Å². The molecule has 0 spiro atoms. The molecule has 16 heavy (non-hydrogen) atoms. The van der Waals surface area contributed by atoms with Crippen molar-refractivity contribution in [2.45, 2.75) is 38.7 Å². The highest BCUT2D eigenvalue weighted by Gasteiger charge is 1.96. The third-order valence-corrected chi connectivity index (χ3v) is 2.44. The molecule has 0 heterocycles. The van der Waals surface area contributed by atoms with E-state index in [0.29, 0.717) is 0 Å². The lowest BCUT2D eigenvalue weighted by atomic mass is 10.1. The monoisotopic (exact) mass is 216 g/mol. The van der Waals surface area contributed by atoms with Crippen molar-refractivity contribution in [1.82, 2.24) is 0 Å². The molecule has 0 aliphatic rings. The predicted octanol–water partition coefficient (Wildman–Crippen LogP) is 3.80. The second-order valence-corrected chi connectivity index (χ2v) is 3.95. The Bertz CT molecular complexity index is 334. The van der Waals surface area contributed by atoms with Gasteiger partial charge in [-0.15, -0.1) is 5.73 Å². The van der Waals surface area contributed by atoms with Gasteiger partial charge < -0.3 is 5.11 Å². The van der Waals surface area contributed by atoms with Crippen molar-refractivity contribution < 1.29 is 5.11 Å². The van der Waals surface area contributed by atoms with Crippen molar-refractivity contribution in [3.8, 4) is 0 Å². The quantitative estimate of drug-likeness (QED) is 0.566. The molecular weight excluding hydrogens is 196 g/mol. The Balaban J connectivity index is 2.38. The summed E-state index contributed by atoms with van der Waals surface area (Å²) in [7, 11) is 0. The molecule has 1 unspecified atom stereocenters. The van der Waals surface area contributed by atoms with Gasteiger partial charge in [-0.05, 0) is 24.1 Å². The second kappa shape index (κ2) is 7.92. The summed E-state index contributed by atoms with van der Waals surface area (Å²) in [4.78, 5) is 0. The van der Waals surface area contributed by atoms with Crippen LogP contribution < -0.4 is 0 Å². The Hall–Kier alpha value is -1.30. The number of aliphatic hydroxyl groups is 1. The summed E-state index contributed by atoms with van der Waals surface area (Å²) in [6, 6.07) is 10.0. The van der Waals surface area contributed by atoms with Crippen LogP contribution in [-0.4, -0.2) is 11.2 Å². The van der Waals surface area contributed by atoms with Crippen LogP contribution in [0.25, 0.3) is 6.08 Å². The average Bonchev–Trinajstić information content (AvgIpc) is 2.31. The number of hydrogen-bond acceptors (Lipinski definition) is 1. The normalized spacial score (nSPS) is 11.6. The van der Waals surface area contributed by atoms with Gasteiger partial charge in [-0.25, -0.2) is 0 Å². The van der Waals surface area contributed by atoms with Gasteiger partial charge in [0, 0.05) is 0 Å². The number of benzene rings is 1. The van der Waals surface area contributed by atoms with Crippen molar-refractivity contribution in [3.63, 3.8) is 0 Å². The third-order valence-electron chi connectivity index (χ3n) is 2.44. The molecule has 1 rings (SSSR count). The van der Waals surface area contributed by atoms with E-state index >= 15 is 0 Å². The van der Waals surface area contributed by atoms with Crippen molar-refractivity contribution in [2.75, 3.05) is 0 Å².